The quantitative estimate of drug-likeness (QED) is 0.777. The average molecular weight is 252 g/mol. The maximum Gasteiger partial charge on any atom is 0.341 e. The number of rotatable bonds is 6. The number of aliphatic carboxylic acids is 1. The molecule has 0 aliphatic carbocycles. The van der Waals surface area contributed by atoms with Gasteiger partial charge in [-0.1, -0.05) is 0 Å². The molecule has 0 aromatic heterocycles. The number of likely N-dealkylation sites (N-methyl/N-ethyl adjacent to an activating group) is 1. The first-order valence-electron chi connectivity index (χ1n) is 5.36. The second kappa shape index (κ2) is 6.61. The zero-order valence-corrected chi connectivity index (χ0v) is 10.3. The summed E-state index contributed by atoms with van der Waals surface area (Å²) in [5.74, 6) is -0.694. The van der Waals surface area contributed by atoms with E-state index in [0.29, 0.717) is 18.0 Å². The molecule has 1 amide bonds. The number of ether oxygens (including phenoxy) is 1. The third-order valence-corrected chi connectivity index (χ3v) is 1.96. The highest BCUT2D eigenvalue weighted by Gasteiger charge is 2.04. The average Bonchev–Trinajstić information content (AvgIpc) is 2.26. The molecule has 0 fully saturated rings. The van der Waals surface area contributed by atoms with Crippen molar-refractivity contribution >= 4 is 17.6 Å². The molecule has 0 saturated heterocycles. The Morgan fingerprint density at radius 2 is 1.89 bits per heavy atom. The lowest BCUT2D eigenvalue weighted by Gasteiger charge is -2.10. The topological polar surface area (TPSA) is 78.9 Å². The standard InChI is InChI=1S/C12H16N2O4/c1-14(2)7-11(15)13-9-3-5-10(6-4-9)18-8-12(16)17/h3-6H,7-8H2,1-2H3,(H,13,15)(H,16,17). The van der Waals surface area contributed by atoms with E-state index < -0.39 is 5.97 Å². The van der Waals surface area contributed by atoms with E-state index in [4.69, 9.17) is 9.84 Å². The molecule has 0 unspecified atom stereocenters. The number of carbonyl (C=O) groups is 2. The fraction of sp³-hybridized carbons (Fsp3) is 0.333. The maximum absolute atomic E-state index is 11.5. The van der Waals surface area contributed by atoms with Crippen LogP contribution in [0.25, 0.3) is 0 Å². The fourth-order valence-corrected chi connectivity index (χ4v) is 1.27. The van der Waals surface area contributed by atoms with Crippen molar-refractivity contribution in [3.63, 3.8) is 0 Å². The Morgan fingerprint density at radius 3 is 2.39 bits per heavy atom. The van der Waals surface area contributed by atoms with Gasteiger partial charge in [-0.2, -0.15) is 0 Å². The fourth-order valence-electron chi connectivity index (χ4n) is 1.27. The first-order chi connectivity index (χ1) is 8.47. The minimum atomic E-state index is -1.03. The van der Waals surface area contributed by atoms with Gasteiger partial charge in [-0.05, 0) is 38.4 Å². The number of amides is 1. The van der Waals surface area contributed by atoms with Crippen LogP contribution in [0.1, 0.15) is 0 Å². The van der Waals surface area contributed by atoms with E-state index in [1.54, 1.807) is 29.2 Å². The van der Waals surface area contributed by atoms with Crippen LogP contribution in [-0.2, 0) is 9.59 Å². The number of benzene rings is 1. The lowest BCUT2D eigenvalue weighted by molar-refractivity contribution is -0.139. The molecular weight excluding hydrogens is 236 g/mol. The Balaban J connectivity index is 2.49. The number of nitrogens with zero attached hydrogens (tertiary/aromatic N) is 1. The van der Waals surface area contributed by atoms with Crippen LogP contribution in [0.15, 0.2) is 24.3 Å². The number of nitrogens with one attached hydrogen (secondary N) is 1. The van der Waals surface area contributed by atoms with Crippen LogP contribution in [0.5, 0.6) is 5.75 Å². The van der Waals surface area contributed by atoms with Crippen LogP contribution in [0.4, 0.5) is 5.69 Å². The first-order valence-corrected chi connectivity index (χ1v) is 5.36. The van der Waals surface area contributed by atoms with Crippen LogP contribution in [0.3, 0.4) is 0 Å². The van der Waals surface area contributed by atoms with Gasteiger partial charge in [-0.3, -0.25) is 4.79 Å². The molecule has 0 atom stereocenters. The molecular formula is C12H16N2O4. The van der Waals surface area contributed by atoms with E-state index in [2.05, 4.69) is 5.32 Å². The smallest absolute Gasteiger partial charge is 0.341 e. The summed E-state index contributed by atoms with van der Waals surface area (Å²) in [4.78, 5) is 23.5. The summed E-state index contributed by atoms with van der Waals surface area (Å²) in [5.41, 5.74) is 0.643. The lowest BCUT2D eigenvalue weighted by Crippen LogP contribution is -2.27. The Labute approximate surface area is 105 Å². The van der Waals surface area contributed by atoms with Crippen molar-refractivity contribution in [2.45, 2.75) is 0 Å². The summed E-state index contributed by atoms with van der Waals surface area (Å²) >= 11 is 0. The number of hydrogen-bond donors (Lipinski definition) is 2. The van der Waals surface area contributed by atoms with Gasteiger partial charge in [0, 0.05) is 5.69 Å². The van der Waals surface area contributed by atoms with Crippen LogP contribution >= 0.6 is 0 Å². The largest absolute Gasteiger partial charge is 0.482 e. The van der Waals surface area contributed by atoms with Crippen LogP contribution in [0, 0.1) is 0 Å². The minimum absolute atomic E-state index is 0.112. The van der Waals surface area contributed by atoms with Crippen molar-refractivity contribution in [1.82, 2.24) is 4.90 Å². The Kier molecular flexibility index (Phi) is 5.13. The highest BCUT2D eigenvalue weighted by Crippen LogP contribution is 2.15. The molecule has 0 bridgehead atoms. The molecule has 18 heavy (non-hydrogen) atoms. The second-order valence-corrected chi connectivity index (χ2v) is 3.99. The molecule has 1 rings (SSSR count). The zero-order chi connectivity index (χ0) is 13.5. The molecule has 0 aliphatic heterocycles. The highest BCUT2D eigenvalue weighted by atomic mass is 16.5. The van der Waals surface area contributed by atoms with Gasteiger partial charge in [-0.15, -0.1) is 0 Å². The van der Waals surface area contributed by atoms with Gasteiger partial charge in [0.25, 0.3) is 0 Å². The van der Waals surface area contributed by atoms with Crippen molar-refractivity contribution in [3.05, 3.63) is 24.3 Å². The number of carboxylic acid groups (broad SMARTS) is 1. The molecule has 98 valence electrons. The molecule has 2 N–H and O–H groups in total. The summed E-state index contributed by atoms with van der Waals surface area (Å²) in [6, 6.07) is 6.53. The van der Waals surface area contributed by atoms with Gasteiger partial charge in [0.1, 0.15) is 5.75 Å². The Hall–Kier alpha value is -2.08. The zero-order valence-electron chi connectivity index (χ0n) is 10.3. The van der Waals surface area contributed by atoms with Crippen molar-refractivity contribution < 1.29 is 19.4 Å². The highest BCUT2D eigenvalue weighted by molar-refractivity contribution is 5.92. The van der Waals surface area contributed by atoms with E-state index in [1.807, 2.05) is 14.1 Å². The predicted molar refractivity (Wildman–Crippen MR) is 66.8 cm³/mol. The molecule has 0 saturated carbocycles. The normalized spacial score (nSPS) is 10.2. The van der Waals surface area contributed by atoms with E-state index in [9.17, 15) is 9.59 Å². The Morgan fingerprint density at radius 1 is 1.28 bits per heavy atom. The molecule has 1 aromatic rings. The van der Waals surface area contributed by atoms with Crippen molar-refractivity contribution in [3.8, 4) is 5.75 Å². The molecule has 6 heteroatoms. The van der Waals surface area contributed by atoms with Gasteiger partial charge in [0.05, 0.1) is 6.54 Å². The van der Waals surface area contributed by atoms with E-state index >= 15 is 0 Å². The molecule has 0 radical (unpaired) electrons. The SMILES string of the molecule is CN(C)CC(=O)Nc1ccc(OCC(=O)O)cc1. The molecule has 6 nitrogen and oxygen atoms in total. The Bertz CT molecular complexity index is 415. The van der Waals surface area contributed by atoms with Crippen molar-refractivity contribution in [2.75, 3.05) is 32.6 Å². The third kappa shape index (κ3) is 5.31. The number of carboxylic acids is 1. The predicted octanol–water partition coefficient (Wildman–Crippen LogP) is 0.650. The minimum Gasteiger partial charge on any atom is -0.482 e. The summed E-state index contributed by atoms with van der Waals surface area (Å²) in [6.07, 6.45) is 0. The summed E-state index contributed by atoms with van der Waals surface area (Å²) in [6.45, 7) is -0.0798. The summed E-state index contributed by atoms with van der Waals surface area (Å²) in [7, 11) is 3.62. The van der Waals surface area contributed by atoms with Gasteiger partial charge in [0.2, 0.25) is 5.91 Å². The molecule has 0 spiro atoms. The van der Waals surface area contributed by atoms with Crippen LogP contribution < -0.4 is 10.1 Å². The van der Waals surface area contributed by atoms with Gasteiger partial charge in [0.15, 0.2) is 6.61 Å². The molecule has 0 aliphatic rings. The third-order valence-electron chi connectivity index (χ3n) is 1.96. The second-order valence-electron chi connectivity index (χ2n) is 3.99. The van der Waals surface area contributed by atoms with Gasteiger partial charge >= 0.3 is 5.97 Å². The van der Waals surface area contributed by atoms with E-state index in [1.165, 1.54) is 0 Å². The first kappa shape index (κ1) is 14.0. The number of anilines is 1. The van der Waals surface area contributed by atoms with Gasteiger partial charge in [-0.25, -0.2) is 4.79 Å². The maximum atomic E-state index is 11.5. The summed E-state index contributed by atoms with van der Waals surface area (Å²) in [5, 5.41) is 11.2. The van der Waals surface area contributed by atoms with Crippen molar-refractivity contribution in [1.29, 1.82) is 0 Å². The monoisotopic (exact) mass is 252 g/mol. The number of hydrogen-bond acceptors (Lipinski definition) is 4. The van der Waals surface area contributed by atoms with E-state index in [0.717, 1.165) is 0 Å². The molecule has 0 heterocycles. The lowest BCUT2D eigenvalue weighted by atomic mass is 10.3. The summed E-state index contributed by atoms with van der Waals surface area (Å²) < 4.78 is 4.97. The van der Waals surface area contributed by atoms with Crippen molar-refractivity contribution in [2.24, 2.45) is 0 Å². The van der Waals surface area contributed by atoms with Gasteiger partial charge < -0.3 is 20.1 Å². The van der Waals surface area contributed by atoms with E-state index in [-0.39, 0.29) is 12.5 Å². The van der Waals surface area contributed by atoms with Crippen LogP contribution in [-0.4, -0.2) is 49.1 Å². The number of carbonyl (C=O) groups excluding carboxylic acids is 1. The van der Waals surface area contributed by atoms with Crippen LogP contribution in [0.2, 0.25) is 0 Å². The molecule has 1 aromatic carbocycles.